The number of hydrogen-bond acceptors (Lipinski definition) is 7. The number of rotatable bonds is 5. The summed E-state index contributed by atoms with van der Waals surface area (Å²) in [5.74, 6) is 0. The second-order valence-electron chi connectivity index (χ2n) is 6.79. The molecule has 1 aliphatic heterocycles. The van der Waals surface area contributed by atoms with Gasteiger partial charge in [-0.25, -0.2) is 18.1 Å². The standard InChI is InChI=1S/C20H22N4O3S3/c1-15-14-28-20(24(15)21-13-18-6-3-16(2)29-18)22-17-4-7-19(8-5-17)30(25,26)23-9-11-27-12-10-23/h3-8,13-14H,9-12H2,1-2H3. The number of ether oxygens (including phenoxy) is 1. The molecule has 0 amide bonds. The van der Waals surface area contributed by atoms with Crippen molar-refractivity contribution in [1.29, 1.82) is 0 Å². The van der Waals surface area contributed by atoms with Gasteiger partial charge in [0.2, 0.25) is 14.8 Å². The molecule has 0 N–H and O–H groups in total. The van der Waals surface area contributed by atoms with Crippen molar-refractivity contribution >= 4 is 44.6 Å². The Kier molecular flexibility index (Phi) is 6.30. The molecule has 0 radical (unpaired) electrons. The second-order valence-corrected chi connectivity index (χ2v) is 10.9. The van der Waals surface area contributed by atoms with Crippen LogP contribution in [-0.2, 0) is 14.8 Å². The minimum Gasteiger partial charge on any atom is -0.379 e. The van der Waals surface area contributed by atoms with E-state index in [0.717, 1.165) is 15.4 Å². The van der Waals surface area contributed by atoms with Gasteiger partial charge in [0, 0.05) is 28.2 Å². The Morgan fingerprint density at radius 1 is 1.07 bits per heavy atom. The molecular weight excluding hydrogens is 440 g/mol. The van der Waals surface area contributed by atoms with Gasteiger partial charge in [-0.2, -0.15) is 9.41 Å². The monoisotopic (exact) mass is 462 g/mol. The third kappa shape index (κ3) is 4.62. The van der Waals surface area contributed by atoms with Crippen molar-refractivity contribution in [2.24, 2.45) is 10.1 Å². The molecule has 0 bridgehead atoms. The first-order valence-electron chi connectivity index (χ1n) is 9.44. The summed E-state index contributed by atoms with van der Waals surface area (Å²) in [6, 6.07) is 10.8. The van der Waals surface area contributed by atoms with Crippen LogP contribution in [0.2, 0.25) is 0 Å². The van der Waals surface area contributed by atoms with Crippen LogP contribution in [0.4, 0.5) is 5.69 Å². The molecule has 0 atom stereocenters. The van der Waals surface area contributed by atoms with Crippen LogP contribution in [0, 0.1) is 13.8 Å². The van der Waals surface area contributed by atoms with E-state index in [-0.39, 0.29) is 4.90 Å². The number of thiophene rings is 1. The van der Waals surface area contributed by atoms with Crippen LogP contribution in [0.1, 0.15) is 15.4 Å². The van der Waals surface area contributed by atoms with E-state index in [0.29, 0.717) is 32.0 Å². The van der Waals surface area contributed by atoms with Gasteiger partial charge in [-0.15, -0.1) is 22.7 Å². The first-order valence-corrected chi connectivity index (χ1v) is 12.6. The third-order valence-electron chi connectivity index (χ3n) is 4.58. The van der Waals surface area contributed by atoms with E-state index in [9.17, 15) is 8.42 Å². The number of morpholine rings is 1. The smallest absolute Gasteiger partial charge is 0.243 e. The Balaban J connectivity index is 1.59. The van der Waals surface area contributed by atoms with Crippen molar-refractivity contribution in [1.82, 2.24) is 8.98 Å². The first kappa shape index (κ1) is 21.1. The van der Waals surface area contributed by atoms with E-state index < -0.39 is 10.0 Å². The molecule has 1 aromatic carbocycles. The number of nitrogens with zero attached hydrogens (tertiary/aromatic N) is 4. The molecule has 30 heavy (non-hydrogen) atoms. The van der Waals surface area contributed by atoms with Gasteiger partial charge in [0.15, 0.2) is 0 Å². The summed E-state index contributed by atoms with van der Waals surface area (Å²) in [7, 11) is -3.51. The number of aryl methyl sites for hydroxylation is 2. The Bertz CT molecular complexity index is 1210. The molecule has 4 rings (SSSR count). The Hall–Kier alpha value is -2.11. The molecule has 158 valence electrons. The summed E-state index contributed by atoms with van der Waals surface area (Å²) in [4.78, 5) is 7.96. The minimum atomic E-state index is -3.51. The molecule has 1 saturated heterocycles. The van der Waals surface area contributed by atoms with Crippen LogP contribution in [-0.4, -0.2) is 49.9 Å². The number of thiazole rings is 1. The highest BCUT2D eigenvalue weighted by atomic mass is 32.2. The molecule has 3 aromatic rings. The van der Waals surface area contributed by atoms with Crippen molar-refractivity contribution in [2.75, 3.05) is 26.3 Å². The summed E-state index contributed by atoms with van der Waals surface area (Å²) in [5, 5.41) is 6.56. The van der Waals surface area contributed by atoms with Crippen molar-refractivity contribution in [3.05, 3.63) is 62.0 Å². The van der Waals surface area contributed by atoms with Gasteiger partial charge in [-0.05, 0) is 50.2 Å². The van der Waals surface area contributed by atoms with Gasteiger partial charge < -0.3 is 4.74 Å². The van der Waals surface area contributed by atoms with Crippen LogP contribution < -0.4 is 4.80 Å². The minimum absolute atomic E-state index is 0.268. The number of hydrogen-bond donors (Lipinski definition) is 0. The van der Waals surface area contributed by atoms with Gasteiger partial charge in [-0.1, -0.05) is 0 Å². The van der Waals surface area contributed by atoms with Gasteiger partial charge in [0.05, 0.1) is 35.7 Å². The largest absolute Gasteiger partial charge is 0.379 e. The molecule has 1 fully saturated rings. The summed E-state index contributed by atoms with van der Waals surface area (Å²) < 4.78 is 34.0. The maximum Gasteiger partial charge on any atom is 0.243 e. The first-order chi connectivity index (χ1) is 14.4. The van der Waals surface area contributed by atoms with E-state index in [1.54, 1.807) is 40.3 Å². The van der Waals surface area contributed by atoms with E-state index in [1.807, 2.05) is 24.6 Å². The zero-order valence-electron chi connectivity index (χ0n) is 16.7. The fraction of sp³-hybridized carbons (Fsp3) is 0.300. The van der Waals surface area contributed by atoms with Gasteiger partial charge in [-0.3, -0.25) is 0 Å². The lowest BCUT2D eigenvalue weighted by atomic mass is 10.3. The molecule has 0 saturated carbocycles. The molecule has 1 aliphatic rings. The maximum atomic E-state index is 12.8. The van der Waals surface area contributed by atoms with Crippen LogP contribution in [0.15, 0.2) is 56.8 Å². The zero-order chi connectivity index (χ0) is 21.1. The van der Waals surface area contributed by atoms with E-state index in [4.69, 9.17) is 4.74 Å². The average Bonchev–Trinajstić information content (AvgIpc) is 3.32. The lowest BCUT2D eigenvalue weighted by Crippen LogP contribution is -2.40. The molecule has 0 spiro atoms. The van der Waals surface area contributed by atoms with Crippen molar-refractivity contribution in [3.63, 3.8) is 0 Å². The predicted octanol–water partition coefficient (Wildman–Crippen LogP) is 3.36. The van der Waals surface area contributed by atoms with E-state index in [1.165, 1.54) is 20.5 Å². The van der Waals surface area contributed by atoms with E-state index >= 15 is 0 Å². The molecule has 0 aliphatic carbocycles. The normalized spacial score (nSPS) is 16.5. The Morgan fingerprint density at radius 3 is 2.47 bits per heavy atom. The fourth-order valence-electron chi connectivity index (χ4n) is 2.98. The molecule has 10 heteroatoms. The van der Waals surface area contributed by atoms with Gasteiger partial charge in [0.1, 0.15) is 0 Å². The highest BCUT2D eigenvalue weighted by Crippen LogP contribution is 2.21. The number of sulfonamides is 1. The highest BCUT2D eigenvalue weighted by Gasteiger charge is 2.26. The zero-order valence-corrected chi connectivity index (χ0v) is 19.1. The summed E-state index contributed by atoms with van der Waals surface area (Å²) in [6.07, 6.45) is 1.83. The topological polar surface area (TPSA) is 76.3 Å². The lowest BCUT2D eigenvalue weighted by Gasteiger charge is -2.26. The van der Waals surface area contributed by atoms with Gasteiger partial charge in [0.25, 0.3) is 0 Å². The summed E-state index contributed by atoms with van der Waals surface area (Å²) >= 11 is 3.17. The quantitative estimate of drug-likeness (QED) is 0.546. The maximum absolute atomic E-state index is 12.8. The third-order valence-corrected chi connectivity index (χ3v) is 8.36. The second kappa shape index (κ2) is 8.94. The summed E-state index contributed by atoms with van der Waals surface area (Å²) in [5.41, 5.74) is 1.66. The molecule has 3 heterocycles. The molecule has 7 nitrogen and oxygen atoms in total. The Labute approximate surface area is 183 Å². The van der Waals surface area contributed by atoms with Crippen molar-refractivity contribution in [3.8, 4) is 0 Å². The Morgan fingerprint density at radius 2 is 1.80 bits per heavy atom. The molecule has 2 aromatic heterocycles. The van der Waals surface area contributed by atoms with Crippen LogP contribution in [0.3, 0.4) is 0 Å². The number of aromatic nitrogens is 1. The van der Waals surface area contributed by atoms with E-state index in [2.05, 4.69) is 23.1 Å². The van der Waals surface area contributed by atoms with Crippen molar-refractivity contribution in [2.45, 2.75) is 18.7 Å². The molecular formula is C20H22N4O3S3. The lowest BCUT2D eigenvalue weighted by molar-refractivity contribution is 0.0730. The van der Waals surface area contributed by atoms with Gasteiger partial charge >= 0.3 is 0 Å². The van der Waals surface area contributed by atoms with Crippen LogP contribution >= 0.6 is 22.7 Å². The fourth-order valence-corrected chi connectivity index (χ4v) is 5.96. The SMILES string of the molecule is Cc1ccc(C=Nn2c(C)csc2=Nc2ccc(S(=O)(=O)N3CCOCC3)cc2)s1. The van der Waals surface area contributed by atoms with Crippen molar-refractivity contribution < 1.29 is 13.2 Å². The summed E-state index contributed by atoms with van der Waals surface area (Å²) in [6.45, 7) is 5.65. The number of benzene rings is 1. The average molecular weight is 463 g/mol. The highest BCUT2D eigenvalue weighted by molar-refractivity contribution is 7.89. The van der Waals surface area contributed by atoms with Crippen LogP contribution in [0.25, 0.3) is 0 Å². The predicted molar refractivity (Wildman–Crippen MR) is 120 cm³/mol. The van der Waals surface area contributed by atoms with Crippen LogP contribution in [0.5, 0.6) is 0 Å². The molecule has 0 unspecified atom stereocenters.